The average Bonchev–Trinajstić information content (AvgIpc) is 2.74. The van der Waals surface area contributed by atoms with Crippen LogP contribution in [0, 0.1) is 11.7 Å². The van der Waals surface area contributed by atoms with Crippen LogP contribution < -0.4 is 10.5 Å². The Bertz CT molecular complexity index is 550. The Morgan fingerprint density at radius 2 is 2.10 bits per heavy atom. The number of benzene rings is 1. The smallest absolute Gasteiger partial charge is 0.244 e. The maximum Gasteiger partial charge on any atom is 0.244 e. The van der Waals surface area contributed by atoms with Crippen molar-refractivity contribution in [3.63, 3.8) is 0 Å². The highest BCUT2D eigenvalue weighted by Crippen LogP contribution is 2.29. The van der Waals surface area contributed by atoms with Crippen LogP contribution in [0.5, 0.6) is 0 Å². The van der Waals surface area contributed by atoms with E-state index in [1.807, 2.05) is 0 Å². The second-order valence-corrected chi connectivity index (χ2v) is 7.21. The minimum atomic E-state index is -3.88. The number of rotatable bonds is 4. The second kappa shape index (κ2) is 7.17. The predicted molar refractivity (Wildman–Crippen MR) is 81.9 cm³/mol. The zero-order valence-electron chi connectivity index (χ0n) is 10.7. The summed E-state index contributed by atoms with van der Waals surface area (Å²) in [6.07, 6.45) is 2.59. The highest BCUT2D eigenvalue weighted by atomic mass is 79.9. The molecule has 2 atom stereocenters. The normalized spacial score (nSPS) is 22.6. The molecule has 0 saturated heterocycles. The van der Waals surface area contributed by atoms with Gasteiger partial charge < -0.3 is 5.73 Å². The van der Waals surface area contributed by atoms with Crippen LogP contribution in [0.2, 0.25) is 0 Å². The van der Waals surface area contributed by atoms with E-state index in [0.29, 0.717) is 6.54 Å². The van der Waals surface area contributed by atoms with E-state index in [4.69, 9.17) is 5.73 Å². The van der Waals surface area contributed by atoms with Crippen molar-refractivity contribution in [3.05, 3.63) is 28.5 Å². The van der Waals surface area contributed by atoms with E-state index in [1.165, 1.54) is 12.1 Å². The van der Waals surface area contributed by atoms with Crippen molar-refractivity contribution in [2.24, 2.45) is 11.7 Å². The van der Waals surface area contributed by atoms with Crippen molar-refractivity contribution >= 4 is 38.4 Å². The first-order valence-electron chi connectivity index (χ1n) is 6.12. The molecule has 2 unspecified atom stereocenters. The van der Waals surface area contributed by atoms with Crippen molar-refractivity contribution in [1.82, 2.24) is 4.72 Å². The van der Waals surface area contributed by atoms with Gasteiger partial charge >= 0.3 is 0 Å². The summed E-state index contributed by atoms with van der Waals surface area (Å²) in [5, 5.41) is 0. The molecular formula is C12H17BrClFN2O2S. The summed E-state index contributed by atoms with van der Waals surface area (Å²) in [7, 11) is -3.88. The van der Waals surface area contributed by atoms with Crippen LogP contribution in [0.3, 0.4) is 0 Å². The van der Waals surface area contributed by atoms with Gasteiger partial charge in [0.1, 0.15) is 10.7 Å². The Balaban J connectivity index is 0.00000200. The summed E-state index contributed by atoms with van der Waals surface area (Å²) in [5.74, 6) is -0.635. The van der Waals surface area contributed by atoms with Crippen LogP contribution in [0.4, 0.5) is 4.39 Å². The van der Waals surface area contributed by atoms with E-state index in [0.717, 1.165) is 25.3 Å². The Morgan fingerprint density at radius 1 is 1.40 bits per heavy atom. The maximum absolute atomic E-state index is 13.7. The van der Waals surface area contributed by atoms with Crippen LogP contribution in [0.15, 0.2) is 27.6 Å². The Morgan fingerprint density at radius 3 is 2.70 bits per heavy atom. The van der Waals surface area contributed by atoms with Gasteiger partial charge in [-0.2, -0.15) is 0 Å². The van der Waals surface area contributed by atoms with Gasteiger partial charge in [-0.1, -0.05) is 12.5 Å². The quantitative estimate of drug-likeness (QED) is 0.833. The van der Waals surface area contributed by atoms with Crippen LogP contribution in [-0.4, -0.2) is 21.0 Å². The van der Waals surface area contributed by atoms with Crippen molar-refractivity contribution in [2.75, 3.05) is 6.54 Å². The third kappa shape index (κ3) is 3.71. The first-order chi connectivity index (χ1) is 8.95. The predicted octanol–water partition coefficient (Wildman–Crippen LogP) is 2.42. The summed E-state index contributed by atoms with van der Waals surface area (Å²) >= 11 is 3.08. The van der Waals surface area contributed by atoms with Crippen molar-refractivity contribution in [1.29, 1.82) is 0 Å². The first-order valence-corrected chi connectivity index (χ1v) is 8.39. The highest BCUT2D eigenvalue weighted by molar-refractivity contribution is 9.10. The molecule has 0 amide bonds. The molecule has 0 aliphatic heterocycles. The standard InChI is InChI=1S/C12H16BrFN2O2S.ClH/c13-9-4-2-5-10(14)12(9)19(17,18)16-11-6-1-3-8(11)7-15;/h2,4-5,8,11,16H,1,3,6-7,15H2;1H. The molecule has 0 spiro atoms. The molecule has 0 bridgehead atoms. The van der Waals surface area contributed by atoms with E-state index < -0.39 is 15.8 Å². The Kier molecular flexibility index (Phi) is 6.40. The van der Waals surface area contributed by atoms with E-state index in [2.05, 4.69) is 20.7 Å². The second-order valence-electron chi connectivity index (χ2n) is 4.71. The van der Waals surface area contributed by atoms with Crippen molar-refractivity contribution < 1.29 is 12.8 Å². The molecule has 0 aromatic heterocycles. The van der Waals surface area contributed by atoms with Gasteiger partial charge in [-0.15, -0.1) is 12.4 Å². The zero-order valence-corrected chi connectivity index (χ0v) is 13.9. The molecule has 114 valence electrons. The van der Waals surface area contributed by atoms with Crippen LogP contribution in [0.25, 0.3) is 0 Å². The molecule has 0 heterocycles. The minimum Gasteiger partial charge on any atom is -0.330 e. The van der Waals surface area contributed by atoms with Gasteiger partial charge in [0.2, 0.25) is 10.0 Å². The SMILES string of the molecule is Cl.NCC1CCCC1NS(=O)(=O)c1c(F)cccc1Br. The molecule has 1 saturated carbocycles. The molecule has 1 fully saturated rings. The van der Waals surface area contributed by atoms with E-state index in [-0.39, 0.29) is 33.7 Å². The maximum atomic E-state index is 13.7. The summed E-state index contributed by atoms with van der Waals surface area (Å²) in [6, 6.07) is 3.89. The third-order valence-electron chi connectivity index (χ3n) is 3.46. The fraction of sp³-hybridized carbons (Fsp3) is 0.500. The number of hydrogen-bond acceptors (Lipinski definition) is 3. The summed E-state index contributed by atoms with van der Waals surface area (Å²) < 4.78 is 41.1. The van der Waals surface area contributed by atoms with E-state index >= 15 is 0 Å². The Labute approximate surface area is 132 Å². The average molecular weight is 388 g/mol. The molecule has 20 heavy (non-hydrogen) atoms. The van der Waals surface area contributed by atoms with Crippen molar-refractivity contribution in [3.8, 4) is 0 Å². The molecule has 2 rings (SSSR count). The first kappa shape index (κ1) is 17.8. The van der Waals surface area contributed by atoms with E-state index in [9.17, 15) is 12.8 Å². The molecule has 8 heteroatoms. The lowest BCUT2D eigenvalue weighted by atomic mass is 10.1. The summed E-state index contributed by atoms with van der Waals surface area (Å²) in [6.45, 7) is 0.436. The van der Waals surface area contributed by atoms with Crippen LogP contribution in [0.1, 0.15) is 19.3 Å². The fourth-order valence-electron chi connectivity index (χ4n) is 2.47. The molecule has 1 aliphatic carbocycles. The molecule has 3 N–H and O–H groups in total. The number of hydrogen-bond donors (Lipinski definition) is 2. The number of nitrogens with one attached hydrogen (secondary N) is 1. The van der Waals surface area contributed by atoms with Crippen LogP contribution in [-0.2, 0) is 10.0 Å². The molecule has 1 aromatic rings. The monoisotopic (exact) mass is 386 g/mol. The summed E-state index contributed by atoms with van der Waals surface area (Å²) in [4.78, 5) is -0.335. The van der Waals surface area contributed by atoms with E-state index in [1.54, 1.807) is 0 Å². The molecular weight excluding hydrogens is 371 g/mol. The highest BCUT2D eigenvalue weighted by Gasteiger charge is 2.32. The topological polar surface area (TPSA) is 72.2 Å². The number of nitrogens with two attached hydrogens (primary N) is 1. The third-order valence-corrected chi connectivity index (χ3v) is 5.94. The molecule has 0 radical (unpaired) electrons. The number of sulfonamides is 1. The van der Waals surface area contributed by atoms with Gasteiger partial charge in [0.15, 0.2) is 0 Å². The van der Waals surface area contributed by atoms with Crippen molar-refractivity contribution in [2.45, 2.75) is 30.2 Å². The number of halogens is 3. The molecule has 1 aromatic carbocycles. The fourth-order valence-corrected chi connectivity index (χ4v) is 4.93. The lowest BCUT2D eigenvalue weighted by Gasteiger charge is -2.20. The molecule has 4 nitrogen and oxygen atoms in total. The van der Waals surface area contributed by atoms with Gasteiger partial charge in [-0.3, -0.25) is 0 Å². The van der Waals surface area contributed by atoms with Gasteiger partial charge in [-0.05, 0) is 53.4 Å². The lowest BCUT2D eigenvalue weighted by Crippen LogP contribution is -2.40. The van der Waals surface area contributed by atoms with Crippen LogP contribution >= 0.6 is 28.3 Å². The summed E-state index contributed by atoms with van der Waals surface area (Å²) in [5.41, 5.74) is 5.62. The van der Waals surface area contributed by atoms with Gasteiger partial charge in [0.05, 0.1) is 0 Å². The largest absolute Gasteiger partial charge is 0.330 e. The zero-order chi connectivity index (χ0) is 14.0. The van der Waals surface area contributed by atoms with Gasteiger partial charge in [0, 0.05) is 10.5 Å². The molecule has 1 aliphatic rings. The minimum absolute atomic E-state index is 0. The van der Waals surface area contributed by atoms with Gasteiger partial charge in [0.25, 0.3) is 0 Å². The Hall–Kier alpha value is -0.210. The van der Waals surface area contributed by atoms with Gasteiger partial charge in [-0.25, -0.2) is 17.5 Å². The lowest BCUT2D eigenvalue weighted by molar-refractivity contribution is 0.450.